The number of hydrogen-bond acceptors (Lipinski definition) is 3. The van der Waals surface area contributed by atoms with Crippen molar-refractivity contribution in [1.82, 2.24) is 0 Å². The molecule has 3 nitrogen and oxygen atoms in total. The first-order valence-corrected chi connectivity index (χ1v) is 16.9. The second-order valence-electron chi connectivity index (χ2n) is 13.0. The number of para-hydroxylation sites is 2. The summed E-state index contributed by atoms with van der Waals surface area (Å²) in [4.78, 5) is 2.22. The van der Waals surface area contributed by atoms with Crippen molar-refractivity contribution in [1.29, 1.82) is 0 Å². The van der Waals surface area contributed by atoms with Crippen LogP contribution in [-0.4, -0.2) is 0 Å². The molecule has 3 aliphatic rings. The van der Waals surface area contributed by atoms with Crippen LogP contribution in [0.4, 0.5) is 17.1 Å². The summed E-state index contributed by atoms with van der Waals surface area (Å²) in [6.07, 6.45) is 1.78. The minimum atomic E-state index is -0.468. The molecule has 0 amide bonds. The van der Waals surface area contributed by atoms with Gasteiger partial charge in [0.05, 0.1) is 11.1 Å². The van der Waals surface area contributed by atoms with Gasteiger partial charge in [-0.05, 0) is 92.5 Å². The van der Waals surface area contributed by atoms with Crippen molar-refractivity contribution >= 4 is 22.6 Å². The zero-order valence-corrected chi connectivity index (χ0v) is 27.3. The van der Waals surface area contributed by atoms with Crippen LogP contribution in [0.3, 0.4) is 0 Å². The van der Waals surface area contributed by atoms with Gasteiger partial charge in [-0.2, -0.15) is 0 Å². The summed E-state index contributed by atoms with van der Waals surface area (Å²) in [6.45, 7) is 8.04. The summed E-state index contributed by atoms with van der Waals surface area (Å²) < 4.78 is 14.0. The lowest BCUT2D eigenvalue weighted by Crippen LogP contribution is -2.25. The molecule has 50 heavy (non-hydrogen) atoms. The van der Waals surface area contributed by atoms with E-state index in [9.17, 15) is 0 Å². The Hall–Kier alpha value is -6.58. The molecular formula is C47H31NO2. The third kappa shape index (κ3) is 3.80. The molecule has 0 saturated heterocycles. The van der Waals surface area contributed by atoms with Gasteiger partial charge in [-0.25, -0.2) is 0 Å². The number of rotatable bonds is 5. The molecule has 0 radical (unpaired) electrons. The molecule has 0 atom stereocenters. The van der Waals surface area contributed by atoms with Crippen LogP contribution in [0.25, 0.3) is 27.8 Å². The van der Waals surface area contributed by atoms with Gasteiger partial charge in [-0.15, -0.1) is 0 Å². The molecular weight excluding hydrogens is 611 g/mol. The quantitative estimate of drug-likeness (QED) is 0.175. The van der Waals surface area contributed by atoms with E-state index in [-0.39, 0.29) is 0 Å². The summed E-state index contributed by atoms with van der Waals surface area (Å²) >= 11 is 0. The van der Waals surface area contributed by atoms with Crippen molar-refractivity contribution in [3.63, 3.8) is 0 Å². The molecule has 1 spiro atoms. The number of allylic oxidation sites excluding steroid dienone is 2. The van der Waals surface area contributed by atoms with Gasteiger partial charge in [0.25, 0.3) is 0 Å². The van der Waals surface area contributed by atoms with Gasteiger partial charge in [-0.3, -0.25) is 0 Å². The van der Waals surface area contributed by atoms with Crippen LogP contribution in [0.1, 0.15) is 27.8 Å². The maximum Gasteiger partial charge on any atom is 0.194 e. The molecule has 0 N–H and O–H groups in total. The SMILES string of the molecule is C=CC(=C)c1ccc(N(c2ccccc2)c2cccc3c2Oc2c(ccc4c2-c2ccccc2C42c4ccccc4-c4ccccc42)O3)cc1. The summed E-state index contributed by atoms with van der Waals surface area (Å²) in [6, 6.07) is 55.7. The van der Waals surface area contributed by atoms with Crippen molar-refractivity contribution in [3.05, 3.63) is 205 Å². The van der Waals surface area contributed by atoms with E-state index in [0.29, 0.717) is 17.2 Å². The van der Waals surface area contributed by atoms with Gasteiger partial charge in [0.2, 0.25) is 0 Å². The van der Waals surface area contributed by atoms with Gasteiger partial charge in [0.15, 0.2) is 23.0 Å². The molecule has 0 fully saturated rings. The molecule has 0 unspecified atom stereocenters. The first kappa shape index (κ1) is 28.4. The Morgan fingerprint density at radius 3 is 1.76 bits per heavy atom. The fourth-order valence-corrected chi connectivity index (χ4v) is 8.34. The molecule has 0 saturated carbocycles. The zero-order chi connectivity index (χ0) is 33.4. The van der Waals surface area contributed by atoms with Gasteiger partial charge in [0, 0.05) is 16.9 Å². The Morgan fingerprint density at radius 1 is 0.500 bits per heavy atom. The third-order valence-electron chi connectivity index (χ3n) is 10.5. The number of anilines is 3. The first-order chi connectivity index (χ1) is 24.7. The third-order valence-corrected chi connectivity index (χ3v) is 10.5. The average molecular weight is 642 g/mol. The van der Waals surface area contributed by atoms with E-state index in [1.165, 1.54) is 33.4 Å². The number of nitrogens with zero attached hydrogens (tertiary/aromatic N) is 1. The summed E-state index contributed by atoms with van der Waals surface area (Å²) in [5.41, 5.74) is 14.1. The molecule has 0 aromatic heterocycles. The molecule has 1 heterocycles. The smallest absolute Gasteiger partial charge is 0.194 e. The van der Waals surface area contributed by atoms with Crippen LogP contribution in [0, 0.1) is 0 Å². The van der Waals surface area contributed by atoms with Crippen LogP contribution in [0.5, 0.6) is 23.0 Å². The van der Waals surface area contributed by atoms with Gasteiger partial charge < -0.3 is 14.4 Å². The highest BCUT2D eigenvalue weighted by molar-refractivity contribution is 5.98. The van der Waals surface area contributed by atoms with E-state index in [0.717, 1.165) is 45.1 Å². The number of benzene rings is 7. The minimum Gasteiger partial charge on any atom is -0.449 e. The first-order valence-electron chi connectivity index (χ1n) is 16.9. The maximum atomic E-state index is 7.20. The number of hydrogen-bond donors (Lipinski definition) is 0. The zero-order valence-electron chi connectivity index (χ0n) is 27.3. The van der Waals surface area contributed by atoms with E-state index in [1.807, 2.05) is 18.2 Å². The van der Waals surface area contributed by atoms with E-state index in [1.54, 1.807) is 6.08 Å². The molecule has 7 aromatic rings. The number of fused-ring (bicyclic) bond motifs is 13. The van der Waals surface area contributed by atoms with E-state index >= 15 is 0 Å². The Morgan fingerprint density at radius 2 is 1.08 bits per heavy atom. The standard InChI is InChI=1S/C47H31NO2/c1-3-30(2)31-24-26-33(27-25-31)48(32-14-5-4-6-15-32)41-22-13-23-42-45(41)50-46-43(49-42)29-28-40-44(46)36-18-9-12-21-39(36)47(40)37-19-10-7-16-34(37)35-17-8-11-20-38(35)47/h3-29H,1-2H2. The second-order valence-corrected chi connectivity index (χ2v) is 13.0. The van der Waals surface area contributed by atoms with Gasteiger partial charge in [-0.1, -0.05) is 134 Å². The molecule has 2 aliphatic carbocycles. The fraction of sp³-hybridized carbons (Fsp3) is 0.0213. The monoisotopic (exact) mass is 641 g/mol. The average Bonchev–Trinajstić information content (AvgIpc) is 3.65. The molecule has 1 aliphatic heterocycles. The van der Waals surface area contributed by atoms with Gasteiger partial charge in [0.1, 0.15) is 0 Å². The Labute approximate surface area is 291 Å². The highest BCUT2D eigenvalue weighted by Crippen LogP contribution is 2.66. The van der Waals surface area contributed by atoms with E-state index < -0.39 is 5.41 Å². The van der Waals surface area contributed by atoms with E-state index in [2.05, 4.69) is 158 Å². The topological polar surface area (TPSA) is 21.7 Å². The van der Waals surface area contributed by atoms with Crippen molar-refractivity contribution in [2.45, 2.75) is 5.41 Å². The van der Waals surface area contributed by atoms with Crippen LogP contribution in [0.2, 0.25) is 0 Å². The Bertz CT molecular complexity index is 2480. The van der Waals surface area contributed by atoms with Crippen molar-refractivity contribution in [2.75, 3.05) is 4.90 Å². The maximum absolute atomic E-state index is 7.20. The van der Waals surface area contributed by atoms with Crippen LogP contribution in [-0.2, 0) is 5.41 Å². The predicted molar refractivity (Wildman–Crippen MR) is 203 cm³/mol. The molecule has 3 heteroatoms. The Kier molecular flexibility index (Phi) is 6.09. The van der Waals surface area contributed by atoms with Crippen molar-refractivity contribution in [3.8, 4) is 45.3 Å². The predicted octanol–water partition coefficient (Wildman–Crippen LogP) is 12.6. The van der Waals surface area contributed by atoms with Crippen molar-refractivity contribution < 1.29 is 9.47 Å². The molecule has 0 bridgehead atoms. The van der Waals surface area contributed by atoms with Crippen LogP contribution < -0.4 is 14.4 Å². The van der Waals surface area contributed by atoms with Gasteiger partial charge >= 0.3 is 0 Å². The lowest BCUT2D eigenvalue weighted by atomic mass is 9.70. The van der Waals surface area contributed by atoms with Crippen molar-refractivity contribution in [2.24, 2.45) is 0 Å². The summed E-state index contributed by atoms with van der Waals surface area (Å²) in [5.74, 6) is 2.78. The largest absolute Gasteiger partial charge is 0.449 e. The number of ether oxygens (including phenoxy) is 2. The summed E-state index contributed by atoms with van der Waals surface area (Å²) in [5, 5.41) is 0. The Balaban J connectivity index is 1.18. The molecule has 10 rings (SSSR count). The summed E-state index contributed by atoms with van der Waals surface area (Å²) in [7, 11) is 0. The lowest BCUT2D eigenvalue weighted by molar-refractivity contribution is 0.361. The van der Waals surface area contributed by atoms with E-state index in [4.69, 9.17) is 9.47 Å². The van der Waals surface area contributed by atoms with Crippen LogP contribution in [0.15, 0.2) is 177 Å². The molecule has 236 valence electrons. The minimum absolute atomic E-state index is 0.468. The lowest BCUT2D eigenvalue weighted by Gasteiger charge is -2.32. The highest BCUT2D eigenvalue weighted by Gasteiger charge is 2.53. The molecule has 7 aromatic carbocycles. The normalized spacial score (nSPS) is 13.4. The fourth-order valence-electron chi connectivity index (χ4n) is 8.34. The second kappa shape index (κ2) is 10.7. The highest BCUT2D eigenvalue weighted by atomic mass is 16.6. The van der Waals surface area contributed by atoms with Crippen LogP contribution >= 0.6 is 0 Å².